The van der Waals surface area contributed by atoms with Crippen molar-refractivity contribution in [2.75, 3.05) is 33.0 Å². The van der Waals surface area contributed by atoms with Crippen LogP contribution in [0.25, 0.3) is 0 Å². The zero-order chi connectivity index (χ0) is 6.95. The van der Waals surface area contributed by atoms with E-state index in [0.717, 1.165) is 6.61 Å². The van der Waals surface area contributed by atoms with Crippen molar-refractivity contribution in [1.29, 1.82) is 0 Å². The van der Waals surface area contributed by atoms with E-state index in [-0.39, 0.29) is 17.5 Å². The Morgan fingerprint density at radius 2 is 1.64 bits per heavy atom. The Labute approximate surface area is 66.4 Å². The second-order valence-electron chi connectivity index (χ2n) is 1.53. The van der Waals surface area contributed by atoms with E-state index in [1.165, 1.54) is 0 Å². The van der Waals surface area contributed by atoms with Gasteiger partial charge in [-0.2, -0.15) is 0 Å². The van der Waals surface area contributed by atoms with Crippen LogP contribution >= 0.6 is 0 Å². The highest BCUT2D eigenvalue weighted by Crippen LogP contribution is 1.76. The molecule has 0 aliphatic heterocycles. The Kier molecular flexibility index (Phi) is 25.4. The maximum Gasteiger partial charge on any atom is 0.0701 e. The molecule has 0 heterocycles. The van der Waals surface area contributed by atoms with Crippen LogP contribution in [0.2, 0.25) is 0 Å². The fourth-order valence-corrected chi connectivity index (χ4v) is 0.429. The summed E-state index contributed by atoms with van der Waals surface area (Å²) in [6, 6.07) is 0. The van der Waals surface area contributed by atoms with E-state index in [2.05, 4.69) is 0 Å². The molecule has 0 aromatic heterocycles. The minimum Gasteiger partial charge on any atom is -1.00 e. The van der Waals surface area contributed by atoms with Crippen molar-refractivity contribution in [3.8, 4) is 0 Å². The monoisotopic (exact) mass is 171 g/mol. The van der Waals surface area contributed by atoms with Crippen LogP contribution in [0.4, 0.5) is 0 Å². The summed E-state index contributed by atoms with van der Waals surface area (Å²) < 4.78 is 9.88. The van der Waals surface area contributed by atoms with Crippen LogP contribution in [0.5, 0.6) is 0 Å². The van der Waals surface area contributed by atoms with Gasteiger partial charge in [-0.25, -0.2) is 0 Å². The van der Waals surface area contributed by atoms with Gasteiger partial charge in [0.25, 0.3) is 0 Å². The second kappa shape index (κ2) is 16.4. The molecule has 5 heteroatoms. The summed E-state index contributed by atoms with van der Waals surface area (Å²) in [6.45, 7) is 4.36. The Hall–Kier alpha value is -0.230. The van der Waals surface area contributed by atoms with E-state index in [9.17, 15) is 0 Å². The van der Waals surface area contributed by atoms with Gasteiger partial charge >= 0.3 is 0 Å². The van der Waals surface area contributed by atoms with E-state index >= 15 is 0 Å². The van der Waals surface area contributed by atoms with Crippen LogP contribution in [0.3, 0.4) is 0 Å². The average molecular weight is 171 g/mol. The standard InChI is InChI=1S/C6H14O3.FH.H3N/c1-2-8-5-6-9-4-3-7;;/h7H,2-6H2,1H3;1H;1H3. The van der Waals surface area contributed by atoms with Crippen LogP contribution < -0.4 is 10.9 Å². The smallest absolute Gasteiger partial charge is 0.0701 e. The van der Waals surface area contributed by atoms with Gasteiger partial charge in [-0.05, 0) is 6.92 Å². The van der Waals surface area contributed by atoms with Crippen LogP contribution in [0, 0.1) is 0 Å². The minimum absolute atomic E-state index is 0. The first kappa shape index (κ1) is 17.0. The van der Waals surface area contributed by atoms with Crippen molar-refractivity contribution in [3.63, 3.8) is 0 Å². The van der Waals surface area contributed by atoms with Gasteiger partial charge in [0.2, 0.25) is 0 Å². The van der Waals surface area contributed by atoms with Crippen molar-refractivity contribution in [2.24, 2.45) is 0 Å². The molecule has 5 N–H and O–H groups in total. The van der Waals surface area contributed by atoms with Crippen molar-refractivity contribution < 1.29 is 19.3 Å². The van der Waals surface area contributed by atoms with Gasteiger partial charge in [0.1, 0.15) is 0 Å². The normalized spacial score (nSPS) is 8.18. The third-order valence-corrected chi connectivity index (χ3v) is 0.812. The maximum absolute atomic E-state index is 8.26. The van der Waals surface area contributed by atoms with Crippen LogP contribution in [-0.2, 0) is 9.47 Å². The molecule has 0 aromatic rings. The Morgan fingerprint density at radius 1 is 1.09 bits per heavy atom. The molecule has 0 saturated carbocycles. The number of hydrogen-bond acceptors (Lipinski definition) is 3. The molecule has 0 rings (SSSR count). The maximum atomic E-state index is 8.26. The van der Waals surface area contributed by atoms with Gasteiger partial charge in [0.15, 0.2) is 0 Å². The van der Waals surface area contributed by atoms with E-state index in [0.29, 0.717) is 19.8 Å². The molecule has 0 fully saturated rings. The van der Waals surface area contributed by atoms with Crippen molar-refractivity contribution in [3.05, 3.63) is 0 Å². The number of ether oxygens (including phenoxy) is 2. The molecule has 0 spiro atoms. The molecular formula is C6H18FNO3. The molecule has 72 valence electrons. The molecular weight excluding hydrogens is 153 g/mol. The molecule has 0 amide bonds. The predicted molar refractivity (Wildman–Crippen MR) is 40.4 cm³/mol. The molecule has 0 unspecified atom stereocenters. The molecule has 0 aliphatic carbocycles. The summed E-state index contributed by atoms with van der Waals surface area (Å²) in [7, 11) is 0. The molecule has 0 bridgehead atoms. The summed E-state index contributed by atoms with van der Waals surface area (Å²) in [5, 5.41) is 8.26. The van der Waals surface area contributed by atoms with E-state index in [1.54, 1.807) is 0 Å². The largest absolute Gasteiger partial charge is 1.00 e. The van der Waals surface area contributed by atoms with Gasteiger partial charge < -0.3 is 25.4 Å². The quantitative estimate of drug-likeness (QED) is 0.431. The second-order valence-corrected chi connectivity index (χ2v) is 1.53. The van der Waals surface area contributed by atoms with Gasteiger partial charge in [-0.3, -0.25) is 0 Å². The lowest BCUT2D eigenvalue weighted by Gasteiger charge is -2.00. The lowest BCUT2D eigenvalue weighted by molar-refractivity contribution is -0.00000446. The highest BCUT2D eigenvalue weighted by Gasteiger charge is 1.84. The summed E-state index contributed by atoms with van der Waals surface area (Å²) >= 11 is 0. The van der Waals surface area contributed by atoms with Gasteiger partial charge in [0.05, 0.1) is 26.4 Å². The first-order valence-electron chi connectivity index (χ1n) is 3.18. The topological polar surface area (TPSA) is 75.2 Å². The van der Waals surface area contributed by atoms with Gasteiger partial charge in [0, 0.05) is 6.61 Å². The molecule has 0 atom stereocenters. The lowest BCUT2D eigenvalue weighted by Crippen LogP contribution is -3.00. The highest BCUT2D eigenvalue weighted by molar-refractivity contribution is 4.28. The fraction of sp³-hybridized carbons (Fsp3) is 1.00. The fourth-order valence-electron chi connectivity index (χ4n) is 0.429. The van der Waals surface area contributed by atoms with E-state index in [4.69, 9.17) is 14.6 Å². The number of quaternary nitrogens is 1. The molecule has 4 nitrogen and oxygen atoms in total. The zero-order valence-corrected chi connectivity index (χ0v) is 7.18. The lowest BCUT2D eigenvalue weighted by atomic mass is 10.7. The molecule has 0 aliphatic rings. The highest BCUT2D eigenvalue weighted by atomic mass is 19.0. The van der Waals surface area contributed by atoms with E-state index in [1.807, 2.05) is 6.92 Å². The van der Waals surface area contributed by atoms with Crippen LogP contribution in [0.15, 0.2) is 0 Å². The number of halogens is 1. The molecule has 0 aromatic carbocycles. The predicted octanol–water partition coefficient (Wildman–Crippen LogP) is -2.59. The first-order valence-corrected chi connectivity index (χ1v) is 3.18. The summed E-state index contributed by atoms with van der Waals surface area (Å²) in [5.74, 6) is 0. The number of hydrogen-bond donors (Lipinski definition) is 2. The Bertz CT molecular complexity index is 51.1. The van der Waals surface area contributed by atoms with Crippen molar-refractivity contribution in [1.82, 2.24) is 6.15 Å². The van der Waals surface area contributed by atoms with Gasteiger partial charge in [-0.1, -0.05) is 0 Å². The molecule has 11 heavy (non-hydrogen) atoms. The molecule has 0 radical (unpaired) electrons. The van der Waals surface area contributed by atoms with E-state index < -0.39 is 0 Å². The zero-order valence-electron chi connectivity index (χ0n) is 7.18. The summed E-state index contributed by atoms with van der Waals surface area (Å²) in [6.07, 6.45) is 0. The van der Waals surface area contributed by atoms with Crippen LogP contribution in [0.1, 0.15) is 6.92 Å². The Morgan fingerprint density at radius 3 is 2.09 bits per heavy atom. The van der Waals surface area contributed by atoms with Crippen molar-refractivity contribution in [2.45, 2.75) is 6.92 Å². The summed E-state index contributed by atoms with van der Waals surface area (Å²) in [5.41, 5.74) is 0. The average Bonchev–Trinajstić information content (AvgIpc) is 1.89. The Balaban J connectivity index is -0.000000320. The third kappa shape index (κ3) is 17.7. The molecule has 0 saturated heterocycles. The summed E-state index contributed by atoms with van der Waals surface area (Å²) in [4.78, 5) is 0. The third-order valence-electron chi connectivity index (χ3n) is 0.812. The van der Waals surface area contributed by atoms with Crippen molar-refractivity contribution >= 4 is 0 Å². The first-order chi connectivity index (χ1) is 4.41. The minimum atomic E-state index is 0. The van der Waals surface area contributed by atoms with Crippen LogP contribution in [-0.4, -0.2) is 38.1 Å². The number of aliphatic hydroxyl groups excluding tert-OH is 1. The number of rotatable bonds is 6. The number of aliphatic hydroxyl groups is 1. The SMILES string of the molecule is CCOCCOCCO.[F-].[NH4+]. The van der Waals surface area contributed by atoms with Gasteiger partial charge in [-0.15, -0.1) is 0 Å².